The van der Waals surface area contributed by atoms with Gasteiger partial charge in [0.25, 0.3) is 10.0 Å². The van der Waals surface area contributed by atoms with Crippen molar-refractivity contribution in [1.82, 2.24) is 0 Å². The zero-order valence-electron chi connectivity index (χ0n) is 13.5. The summed E-state index contributed by atoms with van der Waals surface area (Å²) in [6, 6.07) is 11.9. The first-order valence-corrected chi connectivity index (χ1v) is 9.15. The number of benzene rings is 2. The van der Waals surface area contributed by atoms with Gasteiger partial charge in [0.1, 0.15) is 12.2 Å². The standard InChI is InChI=1S/C18H17NO5S/c1-13-5-7-14(8-6-13)9-12-25(22,23)19-10-11-24-17-15(18(20)21)3-2-4-16(17)19/h2-9,12H,10-11H2,1H3,(H,20,21)/b12-9+. The molecule has 0 unspecified atom stereocenters. The average Bonchev–Trinajstić information content (AvgIpc) is 2.60. The van der Waals surface area contributed by atoms with Gasteiger partial charge in [0.15, 0.2) is 5.75 Å². The van der Waals surface area contributed by atoms with E-state index in [4.69, 9.17) is 4.74 Å². The summed E-state index contributed by atoms with van der Waals surface area (Å²) in [5.41, 5.74) is 2.03. The molecule has 2 aromatic carbocycles. The van der Waals surface area contributed by atoms with E-state index in [2.05, 4.69) is 0 Å². The molecule has 0 amide bonds. The normalized spacial score (nSPS) is 14.2. The fourth-order valence-electron chi connectivity index (χ4n) is 2.57. The third-order valence-electron chi connectivity index (χ3n) is 3.85. The van der Waals surface area contributed by atoms with Gasteiger partial charge in [-0.2, -0.15) is 0 Å². The van der Waals surface area contributed by atoms with E-state index in [-0.39, 0.29) is 30.2 Å². The van der Waals surface area contributed by atoms with Crippen molar-refractivity contribution >= 4 is 27.8 Å². The van der Waals surface area contributed by atoms with E-state index in [0.717, 1.165) is 16.5 Å². The monoisotopic (exact) mass is 359 g/mol. The summed E-state index contributed by atoms with van der Waals surface area (Å²) in [5.74, 6) is -1.08. The predicted octanol–water partition coefficient (Wildman–Crippen LogP) is 2.89. The maximum atomic E-state index is 12.7. The van der Waals surface area contributed by atoms with Gasteiger partial charge in [0.05, 0.1) is 17.6 Å². The van der Waals surface area contributed by atoms with E-state index in [0.29, 0.717) is 0 Å². The molecule has 0 atom stereocenters. The number of hydrogen-bond donors (Lipinski definition) is 1. The second kappa shape index (κ2) is 6.60. The number of rotatable bonds is 4. The first-order chi connectivity index (χ1) is 11.9. The minimum atomic E-state index is -3.77. The summed E-state index contributed by atoms with van der Waals surface area (Å²) in [6.45, 7) is 2.17. The molecule has 0 spiro atoms. The molecule has 2 aromatic rings. The fraction of sp³-hybridized carbons (Fsp3) is 0.167. The molecule has 0 saturated heterocycles. The minimum Gasteiger partial charge on any atom is -0.489 e. The lowest BCUT2D eigenvalue weighted by molar-refractivity contribution is 0.0692. The second-order valence-corrected chi connectivity index (χ2v) is 7.38. The Morgan fingerprint density at radius 2 is 1.92 bits per heavy atom. The van der Waals surface area contributed by atoms with E-state index in [1.54, 1.807) is 0 Å². The van der Waals surface area contributed by atoms with Crippen LogP contribution in [0.15, 0.2) is 47.9 Å². The number of aromatic carboxylic acids is 1. The number of ether oxygens (including phenoxy) is 1. The summed E-state index contributed by atoms with van der Waals surface area (Å²) in [5, 5.41) is 10.4. The summed E-state index contributed by atoms with van der Waals surface area (Å²) in [7, 11) is -3.77. The van der Waals surface area contributed by atoms with Crippen LogP contribution in [0, 0.1) is 6.92 Å². The number of fused-ring (bicyclic) bond motifs is 1. The number of carboxylic acid groups (broad SMARTS) is 1. The average molecular weight is 359 g/mol. The number of para-hydroxylation sites is 1. The largest absolute Gasteiger partial charge is 0.489 e. The predicted molar refractivity (Wildman–Crippen MR) is 95.4 cm³/mol. The van der Waals surface area contributed by atoms with Crippen molar-refractivity contribution in [2.45, 2.75) is 6.92 Å². The van der Waals surface area contributed by atoms with Crippen LogP contribution in [0.2, 0.25) is 0 Å². The second-order valence-electron chi connectivity index (χ2n) is 5.64. The SMILES string of the molecule is Cc1ccc(/C=C/S(=O)(=O)N2CCOc3c(C(=O)O)cccc32)cc1. The highest BCUT2D eigenvalue weighted by Crippen LogP contribution is 2.36. The lowest BCUT2D eigenvalue weighted by Crippen LogP contribution is -2.37. The molecule has 25 heavy (non-hydrogen) atoms. The van der Waals surface area contributed by atoms with Gasteiger partial charge in [-0.05, 0) is 30.7 Å². The molecule has 0 aliphatic carbocycles. The molecular weight excluding hydrogens is 342 g/mol. The molecular formula is C18H17NO5S. The molecule has 1 heterocycles. The van der Waals surface area contributed by atoms with Gasteiger partial charge in [-0.25, -0.2) is 13.2 Å². The number of hydrogen-bond acceptors (Lipinski definition) is 4. The molecule has 0 saturated carbocycles. The molecule has 130 valence electrons. The number of carboxylic acids is 1. The van der Waals surface area contributed by atoms with Gasteiger partial charge in [-0.15, -0.1) is 0 Å². The van der Waals surface area contributed by atoms with Crippen molar-refractivity contribution in [2.75, 3.05) is 17.5 Å². The Morgan fingerprint density at radius 1 is 1.20 bits per heavy atom. The van der Waals surface area contributed by atoms with Crippen molar-refractivity contribution in [3.8, 4) is 5.75 Å². The van der Waals surface area contributed by atoms with Crippen LogP contribution in [0.3, 0.4) is 0 Å². The van der Waals surface area contributed by atoms with Crippen LogP contribution in [0.5, 0.6) is 5.75 Å². The zero-order valence-corrected chi connectivity index (χ0v) is 14.4. The molecule has 0 bridgehead atoms. The van der Waals surface area contributed by atoms with Crippen molar-refractivity contribution in [1.29, 1.82) is 0 Å². The van der Waals surface area contributed by atoms with E-state index in [9.17, 15) is 18.3 Å². The topological polar surface area (TPSA) is 83.9 Å². The number of carbonyl (C=O) groups is 1. The molecule has 3 rings (SSSR count). The van der Waals surface area contributed by atoms with Gasteiger partial charge in [0, 0.05) is 0 Å². The van der Waals surface area contributed by atoms with Gasteiger partial charge < -0.3 is 9.84 Å². The van der Waals surface area contributed by atoms with Crippen molar-refractivity contribution in [3.63, 3.8) is 0 Å². The van der Waals surface area contributed by atoms with Crippen molar-refractivity contribution < 1.29 is 23.1 Å². The highest BCUT2D eigenvalue weighted by Gasteiger charge is 2.29. The van der Waals surface area contributed by atoms with Gasteiger partial charge >= 0.3 is 5.97 Å². The maximum Gasteiger partial charge on any atom is 0.339 e. The molecule has 0 fully saturated rings. The first kappa shape index (κ1) is 17.0. The van der Waals surface area contributed by atoms with Crippen LogP contribution < -0.4 is 9.04 Å². The molecule has 1 N–H and O–H groups in total. The van der Waals surface area contributed by atoms with Gasteiger partial charge in [-0.3, -0.25) is 4.31 Å². The number of sulfonamides is 1. The number of anilines is 1. The molecule has 7 heteroatoms. The van der Waals surface area contributed by atoms with E-state index in [1.807, 2.05) is 31.2 Å². The summed E-state index contributed by atoms with van der Waals surface area (Å²) >= 11 is 0. The Kier molecular flexibility index (Phi) is 4.50. The Balaban J connectivity index is 1.96. The van der Waals surface area contributed by atoms with Crippen LogP contribution in [0.25, 0.3) is 6.08 Å². The number of nitrogens with zero attached hydrogens (tertiary/aromatic N) is 1. The fourth-order valence-corrected chi connectivity index (χ4v) is 3.80. The summed E-state index contributed by atoms with van der Waals surface area (Å²) in [4.78, 5) is 11.3. The number of aryl methyl sites for hydroxylation is 1. The highest BCUT2D eigenvalue weighted by atomic mass is 32.2. The van der Waals surface area contributed by atoms with Crippen molar-refractivity contribution in [3.05, 3.63) is 64.6 Å². The third kappa shape index (κ3) is 3.51. The maximum absolute atomic E-state index is 12.7. The third-order valence-corrected chi connectivity index (χ3v) is 5.32. The highest BCUT2D eigenvalue weighted by molar-refractivity contribution is 7.95. The lowest BCUT2D eigenvalue weighted by atomic mass is 10.1. The van der Waals surface area contributed by atoms with Crippen LogP contribution >= 0.6 is 0 Å². The summed E-state index contributed by atoms with van der Waals surface area (Å²) in [6.07, 6.45) is 1.52. The van der Waals surface area contributed by atoms with E-state index < -0.39 is 16.0 Å². The van der Waals surface area contributed by atoms with Crippen LogP contribution in [0.4, 0.5) is 5.69 Å². The summed E-state index contributed by atoms with van der Waals surface area (Å²) < 4.78 is 32.0. The minimum absolute atomic E-state index is 0.0556. The molecule has 0 radical (unpaired) electrons. The first-order valence-electron chi connectivity index (χ1n) is 7.65. The zero-order chi connectivity index (χ0) is 18.0. The molecule has 1 aliphatic heterocycles. The molecule has 0 aromatic heterocycles. The Bertz CT molecular complexity index is 932. The van der Waals surface area contributed by atoms with E-state index in [1.165, 1.54) is 28.6 Å². The smallest absolute Gasteiger partial charge is 0.339 e. The van der Waals surface area contributed by atoms with Crippen molar-refractivity contribution in [2.24, 2.45) is 0 Å². The Labute approximate surface area is 146 Å². The lowest BCUT2D eigenvalue weighted by Gasteiger charge is -2.30. The van der Waals surface area contributed by atoms with Gasteiger partial charge in [-0.1, -0.05) is 35.9 Å². The van der Waals surface area contributed by atoms with Crippen LogP contribution in [-0.4, -0.2) is 32.6 Å². The molecule has 6 nitrogen and oxygen atoms in total. The quantitative estimate of drug-likeness (QED) is 0.907. The van der Waals surface area contributed by atoms with Crippen LogP contribution in [-0.2, 0) is 10.0 Å². The Hall–Kier alpha value is -2.80. The van der Waals surface area contributed by atoms with E-state index >= 15 is 0 Å². The van der Waals surface area contributed by atoms with Gasteiger partial charge in [0.2, 0.25) is 0 Å². The molecule has 1 aliphatic rings. The van der Waals surface area contributed by atoms with Crippen LogP contribution in [0.1, 0.15) is 21.5 Å². The Morgan fingerprint density at radius 3 is 2.60 bits per heavy atom.